The van der Waals surface area contributed by atoms with E-state index in [2.05, 4.69) is 31.2 Å². The number of nitro benzene ring substituents is 1. The van der Waals surface area contributed by atoms with Crippen LogP contribution in [-0.2, 0) is 9.63 Å². The van der Waals surface area contributed by atoms with Crippen molar-refractivity contribution in [1.82, 2.24) is 0 Å². The molecule has 8 nitrogen and oxygen atoms in total. The number of nitro groups is 1. The van der Waals surface area contributed by atoms with E-state index in [4.69, 9.17) is 16.4 Å². The third-order valence-electron chi connectivity index (χ3n) is 8.16. The Bertz CT molecular complexity index is 1220. The lowest BCUT2D eigenvalue weighted by Gasteiger charge is -2.39. The minimum atomic E-state index is -0.707. The molecule has 4 rings (SSSR count). The number of hydrogen-bond donors (Lipinski definition) is 1. The van der Waals surface area contributed by atoms with Crippen molar-refractivity contribution in [3.63, 3.8) is 0 Å². The van der Waals surface area contributed by atoms with Crippen LogP contribution in [0, 0.1) is 33.3 Å². The molecule has 0 spiro atoms. The first-order valence-corrected chi connectivity index (χ1v) is 11.4. The van der Waals surface area contributed by atoms with E-state index in [0.717, 1.165) is 12.0 Å². The number of oxime groups is 1. The highest BCUT2D eigenvalue weighted by Gasteiger charge is 2.71. The van der Waals surface area contributed by atoms with Crippen molar-refractivity contribution in [3.05, 3.63) is 68.7 Å². The lowest BCUT2D eigenvalue weighted by molar-refractivity contribution is -0.384. The van der Waals surface area contributed by atoms with Gasteiger partial charge < -0.3 is 10.2 Å². The van der Waals surface area contributed by atoms with E-state index in [1.165, 1.54) is 24.3 Å². The Labute approximate surface area is 202 Å². The number of carbonyl (C=O) groups is 2. The fourth-order valence-electron chi connectivity index (χ4n) is 5.40. The van der Waals surface area contributed by atoms with Crippen molar-refractivity contribution in [2.24, 2.45) is 21.4 Å². The number of hydrogen-bond acceptors (Lipinski definition) is 6. The van der Waals surface area contributed by atoms with E-state index in [0.29, 0.717) is 29.3 Å². The third-order valence-corrected chi connectivity index (χ3v) is 8.39. The van der Waals surface area contributed by atoms with Gasteiger partial charge in [0.1, 0.15) is 0 Å². The van der Waals surface area contributed by atoms with Crippen LogP contribution in [0.25, 0.3) is 0 Å². The second-order valence-electron chi connectivity index (χ2n) is 9.85. The fourth-order valence-corrected chi connectivity index (χ4v) is 5.63. The maximum atomic E-state index is 13.6. The lowest BCUT2D eigenvalue weighted by atomic mass is 9.64. The first-order valence-electron chi connectivity index (χ1n) is 11.0. The number of nitrogens with zero attached hydrogens (tertiary/aromatic N) is 2. The first kappa shape index (κ1) is 23.9. The molecule has 2 aliphatic rings. The van der Waals surface area contributed by atoms with Gasteiger partial charge in [-0.25, -0.2) is 4.79 Å². The van der Waals surface area contributed by atoms with E-state index in [1.807, 2.05) is 6.92 Å². The van der Waals surface area contributed by atoms with E-state index >= 15 is 0 Å². The Balaban J connectivity index is 1.57. The molecule has 0 aromatic heterocycles. The third kappa shape index (κ3) is 3.57. The van der Waals surface area contributed by atoms with Gasteiger partial charge in [-0.15, -0.1) is 0 Å². The van der Waals surface area contributed by atoms with E-state index < -0.39 is 27.1 Å². The Morgan fingerprint density at radius 2 is 1.79 bits per heavy atom. The van der Waals surface area contributed by atoms with Crippen LogP contribution < -0.4 is 5.32 Å². The molecule has 2 aromatic carbocycles. The number of nitrogens with one attached hydrogen (secondary N) is 1. The number of halogens is 1. The number of anilines is 1. The monoisotopic (exact) mass is 483 g/mol. The van der Waals surface area contributed by atoms with Crippen molar-refractivity contribution in [3.8, 4) is 0 Å². The molecule has 0 radical (unpaired) electrons. The smallest absolute Gasteiger partial charge is 0.325 e. The van der Waals surface area contributed by atoms with Crippen LogP contribution in [0.1, 0.15) is 56.0 Å². The molecule has 2 fully saturated rings. The maximum absolute atomic E-state index is 13.6. The number of non-ortho nitro benzene ring substituents is 1. The Kier molecular flexibility index (Phi) is 5.76. The summed E-state index contributed by atoms with van der Waals surface area (Å²) in [5.41, 5.74) is 0.747. The topological polar surface area (TPSA) is 111 Å². The molecule has 0 saturated heterocycles. The molecule has 1 N–H and O–H groups in total. The van der Waals surface area contributed by atoms with Gasteiger partial charge >= 0.3 is 5.97 Å². The van der Waals surface area contributed by atoms with Gasteiger partial charge in [-0.1, -0.05) is 37.5 Å². The largest absolute Gasteiger partial charge is 0.365 e. The second-order valence-corrected chi connectivity index (χ2v) is 10.3. The average molecular weight is 484 g/mol. The Morgan fingerprint density at radius 3 is 2.41 bits per heavy atom. The Morgan fingerprint density at radius 1 is 1.12 bits per heavy atom. The number of carbonyl (C=O) groups excluding carboxylic acids is 2. The van der Waals surface area contributed by atoms with Gasteiger partial charge in [0.25, 0.3) is 5.69 Å². The molecule has 178 valence electrons. The highest BCUT2D eigenvalue weighted by molar-refractivity contribution is 6.30. The lowest BCUT2D eigenvalue weighted by Crippen LogP contribution is -2.43. The summed E-state index contributed by atoms with van der Waals surface area (Å²) in [6.45, 7) is 8.08. The second kappa shape index (κ2) is 8.20. The Hall–Kier alpha value is -3.26. The summed E-state index contributed by atoms with van der Waals surface area (Å²) in [5.74, 6) is -0.791. The zero-order valence-corrected chi connectivity index (χ0v) is 20.2. The molecule has 2 aromatic rings. The van der Waals surface area contributed by atoms with E-state index in [1.54, 1.807) is 18.2 Å². The van der Waals surface area contributed by atoms with Crippen molar-refractivity contribution in [1.29, 1.82) is 0 Å². The van der Waals surface area contributed by atoms with Crippen molar-refractivity contribution < 1.29 is 19.3 Å². The predicted molar refractivity (Wildman–Crippen MR) is 129 cm³/mol. The summed E-state index contributed by atoms with van der Waals surface area (Å²) in [5, 5.41) is 18.7. The standard InChI is InChI=1S/C25H26ClN3O5/c1-15-13-17(26)7-10-19(15)27-22(31)25-12-11-24(4,23(25,2)3)20(14-25)28-34-21(30)16-5-8-18(9-6-16)29(32)33/h5-10,13H,11-12,14H2,1-4H3,(H,27,31). The minimum absolute atomic E-state index is 0.0847. The molecule has 0 heterocycles. The number of aryl methyl sites for hydroxylation is 1. The highest BCUT2D eigenvalue weighted by Crippen LogP contribution is 2.71. The van der Waals surface area contributed by atoms with Crippen molar-refractivity contribution in [2.45, 2.75) is 47.0 Å². The SMILES string of the molecule is Cc1cc(Cl)ccc1NC(=O)C12CCC(C)(C(=NOC(=O)c3ccc([N+](=O)[O-])cc3)C1)C2(C)C. The van der Waals surface area contributed by atoms with Gasteiger partial charge in [-0.2, -0.15) is 0 Å². The van der Waals surface area contributed by atoms with Gasteiger partial charge in [0.05, 0.1) is 21.6 Å². The summed E-state index contributed by atoms with van der Waals surface area (Å²) in [6, 6.07) is 10.5. The molecular formula is C25H26ClN3O5. The quantitative estimate of drug-likeness (QED) is 0.322. The zero-order valence-electron chi connectivity index (χ0n) is 19.5. The minimum Gasteiger partial charge on any atom is -0.325 e. The average Bonchev–Trinajstić information content (AvgIpc) is 3.10. The molecule has 1 amide bonds. The number of amides is 1. The van der Waals surface area contributed by atoms with Crippen LogP contribution in [-0.4, -0.2) is 22.5 Å². The van der Waals surface area contributed by atoms with Crippen molar-refractivity contribution in [2.75, 3.05) is 5.32 Å². The summed E-state index contributed by atoms with van der Waals surface area (Å²) >= 11 is 6.05. The summed E-state index contributed by atoms with van der Waals surface area (Å²) < 4.78 is 0. The molecule has 2 saturated carbocycles. The molecule has 2 bridgehead atoms. The molecular weight excluding hydrogens is 458 g/mol. The fraction of sp³-hybridized carbons (Fsp3) is 0.400. The van der Waals surface area contributed by atoms with Crippen LogP contribution in [0.4, 0.5) is 11.4 Å². The van der Waals surface area contributed by atoms with Crippen LogP contribution >= 0.6 is 11.6 Å². The summed E-state index contributed by atoms with van der Waals surface area (Å²) in [7, 11) is 0. The molecule has 9 heteroatoms. The highest BCUT2D eigenvalue weighted by atomic mass is 35.5. The number of benzene rings is 2. The van der Waals surface area contributed by atoms with Gasteiger partial charge in [0.2, 0.25) is 5.91 Å². The van der Waals surface area contributed by atoms with Crippen LogP contribution in [0.15, 0.2) is 47.6 Å². The van der Waals surface area contributed by atoms with Gasteiger partial charge in [0, 0.05) is 34.7 Å². The molecule has 0 aliphatic heterocycles. The van der Waals surface area contributed by atoms with Crippen LogP contribution in [0.5, 0.6) is 0 Å². The first-order chi connectivity index (χ1) is 15.9. The summed E-state index contributed by atoms with van der Waals surface area (Å²) in [6.07, 6.45) is 1.81. The van der Waals surface area contributed by atoms with E-state index in [-0.39, 0.29) is 17.2 Å². The molecule has 2 atom stereocenters. The van der Waals surface area contributed by atoms with Crippen LogP contribution in [0.2, 0.25) is 5.02 Å². The number of rotatable bonds is 5. The predicted octanol–water partition coefficient (Wildman–Crippen LogP) is 5.92. The van der Waals surface area contributed by atoms with Gasteiger partial charge in [-0.05, 0) is 61.1 Å². The summed E-state index contributed by atoms with van der Waals surface area (Å²) in [4.78, 5) is 41.6. The number of fused-ring (bicyclic) bond motifs is 2. The van der Waals surface area contributed by atoms with E-state index in [9.17, 15) is 19.7 Å². The van der Waals surface area contributed by atoms with Gasteiger partial charge in [-0.3, -0.25) is 14.9 Å². The molecule has 2 aliphatic carbocycles. The maximum Gasteiger partial charge on any atom is 0.365 e. The van der Waals surface area contributed by atoms with Gasteiger partial charge in [0.15, 0.2) is 0 Å². The van der Waals surface area contributed by atoms with Crippen LogP contribution in [0.3, 0.4) is 0 Å². The zero-order chi connectivity index (χ0) is 24.9. The molecule has 34 heavy (non-hydrogen) atoms. The van der Waals surface area contributed by atoms with Crippen molar-refractivity contribution >= 4 is 40.6 Å². The normalized spacial score (nSPS) is 25.9. The molecule has 2 unspecified atom stereocenters.